The molecule has 0 heterocycles. The second-order valence-electron chi connectivity index (χ2n) is 4.74. The van der Waals surface area contributed by atoms with Gasteiger partial charge >= 0.3 is 0 Å². The molecule has 0 radical (unpaired) electrons. The van der Waals surface area contributed by atoms with Gasteiger partial charge in [-0.2, -0.15) is 0 Å². The first-order valence-corrected chi connectivity index (χ1v) is 6.69. The summed E-state index contributed by atoms with van der Waals surface area (Å²) >= 11 is 6.22. The van der Waals surface area contributed by atoms with Gasteiger partial charge in [-0.25, -0.2) is 0 Å². The Labute approximate surface area is 119 Å². The largest absolute Gasteiger partial charge is 0.484 e. The Morgan fingerprint density at radius 2 is 1.84 bits per heavy atom. The number of hydrogen-bond acceptors (Lipinski definition) is 2. The highest BCUT2D eigenvalue weighted by Crippen LogP contribution is 2.29. The topological polar surface area (TPSA) is 35.2 Å². The second-order valence-corrected chi connectivity index (χ2v) is 5.14. The van der Waals surface area contributed by atoms with Gasteiger partial charge in [0.1, 0.15) is 11.9 Å². The zero-order valence-corrected chi connectivity index (χ0v) is 11.9. The lowest BCUT2D eigenvalue weighted by Crippen LogP contribution is -2.29. The second kappa shape index (κ2) is 6.09. The third-order valence-corrected chi connectivity index (χ3v) is 3.29. The van der Waals surface area contributed by atoms with Crippen molar-refractivity contribution in [1.29, 1.82) is 0 Å². The van der Waals surface area contributed by atoms with E-state index >= 15 is 0 Å². The summed E-state index contributed by atoms with van der Waals surface area (Å²) in [5, 5.41) is 0.678. The van der Waals surface area contributed by atoms with Crippen molar-refractivity contribution >= 4 is 11.6 Å². The Hall–Kier alpha value is -1.51. The maximum atomic E-state index is 6.22. The van der Waals surface area contributed by atoms with E-state index in [0.29, 0.717) is 5.02 Å². The highest BCUT2D eigenvalue weighted by atomic mass is 35.5. The van der Waals surface area contributed by atoms with Crippen molar-refractivity contribution in [3.05, 3.63) is 64.7 Å². The lowest BCUT2D eigenvalue weighted by molar-refractivity contribution is 0.180. The van der Waals surface area contributed by atoms with Gasteiger partial charge in [-0.15, -0.1) is 0 Å². The molecule has 100 valence electrons. The number of aryl methyl sites for hydroxylation is 1. The summed E-state index contributed by atoms with van der Waals surface area (Å²) < 4.78 is 6.01. The minimum absolute atomic E-state index is 0.152. The van der Waals surface area contributed by atoms with E-state index in [9.17, 15) is 0 Å². The van der Waals surface area contributed by atoms with E-state index < -0.39 is 0 Å². The van der Waals surface area contributed by atoms with E-state index in [1.807, 2.05) is 62.4 Å². The number of hydrogen-bond donors (Lipinski definition) is 1. The van der Waals surface area contributed by atoms with Crippen LogP contribution in [0.25, 0.3) is 0 Å². The van der Waals surface area contributed by atoms with Gasteiger partial charge in [0.25, 0.3) is 0 Å². The van der Waals surface area contributed by atoms with Crippen LogP contribution in [0, 0.1) is 6.92 Å². The predicted octanol–water partition coefficient (Wildman–Crippen LogP) is 4.12. The van der Waals surface area contributed by atoms with Crippen molar-refractivity contribution in [2.24, 2.45) is 5.73 Å². The lowest BCUT2D eigenvalue weighted by Gasteiger charge is -2.24. The van der Waals surface area contributed by atoms with Gasteiger partial charge in [-0.1, -0.05) is 41.9 Å². The van der Waals surface area contributed by atoms with Gasteiger partial charge in [-0.05, 0) is 37.6 Å². The van der Waals surface area contributed by atoms with Gasteiger partial charge in [0.05, 0.1) is 0 Å². The molecule has 2 aromatic rings. The molecule has 2 N–H and O–H groups in total. The van der Waals surface area contributed by atoms with Crippen molar-refractivity contribution < 1.29 is 4.74 Å². The molecule has 0 saturated carbocycles. The van der Waals surface area contributed by atoms with E-state index in [-0.39, 0.29) is 12.1 Å². The van der Waals surface area contributed by atoms with Crippen LogP contribution in [0.3, 0.4) is 0 Å². The van der Waals surface area contributed by atoms with Crippen molar-refractivity contribution in [3.63, 3.8) is 0 Å². The Morgan fingerprint density at radius 3 is 2.47 bits per heavy atom. The summed E-state index contributed by atoms with van der Waals surface area (Å²) in [6.07, 6.45) is -0.254. The molecular formula is C16H18ClNO. The predicted molar refractivity (Wildman–Crippen MR) is 79.6 cm³/mol. The van der Waals surface area contributed by atoms with Crippen LogP contribution in [0.1, 0.15) is 24.2 Å². The minimum Gasteiger partial charge on any atom is -0.484 e. The maximum Gasteiger partial charge on any atom is 0.140 e. The molecule has 19 heavy (non-hydrogen) atoms. The number of nitrogens with two attached hydrogens (primary N) is 1. The molecule has 2 unspecified atom stereocenters. The third-order valence-electron chi connectivity index (χ3n) is 2.94. The molecule has 3 heteroatoms. The summed E-state index contributed by atoms with van der Waals surface area (Å²) in [5.41, 5.74) is 8.11. The molecule has 2 aromatic carbocycles. The van der Waals surface area contributed by atoms with Crippen molar-refractivity contribution in [1.82, 2.24) is 0 Å². The van der Waals surface area contributed by atoms with Gasteiger partial charge in [0.15, 0.2) is 0 Å². The number of halogens is 1. The Morgan fingerprint density at radius 1 is 1.11 bits per heavy atom. The van der Waals surface area contributed by atoms with Crippen LogP contribution >= 0.6 is 11.6 Å². The van der Waals surface area contributed by atoms with Gasteiger partial charge in [0, 0.05) is 16.6 Å². The van der Waals surface area contributed by atoms with E-state index in [0.717, 1.165) is 16.9 Å². The highest BCUT2D eigenvalue weighted by Gasteiger charge is 2.20. The van der Waals surface area contributed by atoms with E-state index in [2.05, 4.69) is 0 Å². The van der Waals surface area contributed by atoms with Crippen LogP contribution in [0.15, 0.2) is 48.5 Å². The molecule has 0 aliphatic heterocycles. The van der Waals surface area contributed by atoms with Crippen molar-refractivity contribution in [2.45, 2.75) is 26.0 Å². The average molecular weight is 276 g/mol. The summed E-state index contributed by atoms with van der Waals surface area (Å²) in [4.78, 5) is 0. The minimum atomic E-state index is -0.254. The van der Waals surface area contributed by atoms with Gasteiger partial charge in [0.2, 0.25) is 0 Å². The third kappa shape index (κ3) is 3.49. The molecule has 0 aliphatic carbocycles. The SMILES string of the molecule is Cc1cccc(OC(c2ccccc2Cl)C(C)N)c1. The molecular weight excluding hydrogens is 258 g/mol. The van der Waals surface area contributed by atoms with Crippen molar-refractivity contribution in [2.75, 3.05) is 0 Å². The fourth-order valence-electron chi connectivity index (χ4n) is 2.00. The zero-order chi connectivity index (χ0) is 13.8. The van der Waals surface area contributed by atoms with Crippen LogP contribution < -0.4 is 10.5 Å². The molecule has 0 spiro atoms. The summed E-state index contributed by atoms with van der Waals surface area (Å²) in [6, 6.07) is 15.4. The van der Waals surface area contributed by atoms with Crippen LogP contribution in [0.4, 0.5) is 0 Å². The summed E-state index contributed by atoms with van der Waals surface area (Å²) in [6.45, 7) is 3.95. The smallest absolute Gasteiger partial charge is 0.140 e. The van der Waals surface area contributed by atoms with Crippen LogP contribution in [0.2, 0.25) is 5.02 Å². The fraction of sp³-hybridized carbons (Fsp3) is 0.250. The van der Waals surface area contributed by atoms with Crippen LogP contribution in [-0.4, -0.2) is 6.04 Å². The Bertz CT molecular complexity index is 554. The monoisotopic (exact) mass is 275 g/mol. The number of ether oxygens (including phenoxy) is 1. The first-order chi connectivity index (χ1) is 9.08. The molecule has 0 aliphatic rings. The van der Waals surface area contributed by atoms with Crippen LogP contribution in [-0.2, 0) is 0 Å². The highest BCUT2D eigenvalue weighted by molar-refractivity contribution is 6.31. The summed E-state index contributed by atoms with van der Waals surface area (Å²) in [5.74, 6) is 0.808. The molecule has 0 fully saturated rings. The van der Waals surface area contributed by atoms with Crippen molar-refractivity contribution in [3.8, 4) is 5.75 Å². The molecule has 2 rings (SSSR count). The first kappa shape index (κ1) is 13.9. The molecule has 0 saturated heterocycles. The zero-order valence-electron chi connectivity index (χ0n) is 11.1. The number of rotatable bonds is 4. The van der Waals surface area contributed by atoms with Gasteiger partial charge in [-0.3, -0.25) is 0 Å². The molecule has 0 bridgehead atoms. The fourth-order valence-corrected chi connectivity index (χ4v) is 2.24. The van der Waals surface area contributed by atoms with Crippen LogP contribution in [0.5, 0.6) is 5.75 Å². The molecule has 0 aromatic heterocycles. The maximum absolute atomic E-state index is 6.22. The van der Waals surface area contributed by atoms with E-state index in [1.165, 1.54) is 0 Å². The average Bonchev–Trinajstić information content (AvgIpc) is 2.37. The standard InChI is InChI=1S/C16H18ClNO/c1-11-6-5-7-13(10-11)19-16(12(2)18)14-8-3-4-9-15(14)17/h3-10,12,16H,18H2,1-2H3. The number of benzene rings is 2. The quantitative estimate of drug-likeness (QED) is 0.911. The Balaban J connectivity index is 2.29. The summed E-state index contributed by atoms with van der Waals surface area (Å²) in [7, 11) is 0. The van der Waals surface area contributed by atoms with E-state index in [1.54, 1.807) is 0 Å². The van der Waals surface area contributed by atoms with Gasteiger partial charge < -0.3 is 10.5 Å². The lowest BCUT2D eigenvalue weighted by atomic mass is 10.0. The molecule has 0 amide bonds. The molecule has 2 atom stereocenters. The normalized spacial score (nSPS) is 13.9. The molecule has 2 nitrogen and oxygen atoms in total. The van der Waals surface area contributed by atoms with E-state index in [4.69, 9.17) is 22.1 Å². The first-order valence-electron chi connectivity index (χ1n) is 6.31. The Kier molecular flexibility index (Phi) is 4.46.